The summed E-state index contributed by atoms with van der Waals surface area (Å²) >= 11 is 0. The van der Waals surface area contributed by atoms with Crippen LogP contribution in [0, 0.1) is 6.92 Å². The van der Waals surface area contributed by atoms with E-state index in [1.165, 1.54) is 12.2 Å². The van der Waals surface area contributed by atoms with Crippen LogP contribution in [0.3, 0.4) is 0 Å². The molecule has 0 aliphatic carbocycles. The quantitative estimate of drug-likeness (QED) is 0.315. The fraction of sp³-hybridized carbons (Fsp3) is 0.0833. The molecule has 0 spiro atoms. The molecule has 0 saturated heterocycles. The van der Waals surface area contributed by atoms with E-state index in [1.807, 2.05) is 25.1 Å². The Balaban J connectivity index is 2.69. The molecule has 1 rings (SSSR count). The summed E-state index contributed by atoms with van der Waals surface area (Å²) in [6, 6.07) is 7.37. The lowest BCUT2D eigenvalue weighted by Crippen LogP contribution is -2.04. The van der Waals surface area contributed by atoms with Gasteiger partial charge in [0, 0.05) is 6.08 Å². The number of para-hydroxylation sites is 1. The minimum atomic E-state index is -0.390. The Bertz CT molecular complexity index is 364. The summed E-state index contributed by atoms with van der Waals surface area (Å²) in [5, 5.41) is 0. The number of allylic oxidation sites excluding steroid dienone is 2. The maximum absolute atomic E-state index is 11.2. The molecule has 0 radical (unpaired) electrons. The summed E-state index contributed by atoms with van der Waals surface area (Å²) in [7, 11) is 0. The molecule has 2 nitrogen and oxygen atoms in total. The highest BCUT2D eigenvalue weighted by Crippen LogP contribution is 2.16. The van der Waals surface area contributed by atoms with Crippen molar-refractivity contribution < 1.29 is 9.53 Å². The first-order valence-electron chi connectivity index (χ1n) is 4.30. The fourth-order valence-electron chi connectivity index (χ4n) is 0.960. The summed E-state index contributed by atoms with van der Waals surface area (Å²) in [5.74, 6) is 0.199. The molecule has 0 fully saturated rings. The number of ether oxygens (including phenoxy) is 1. The van der Waals surface area contributed by atoms with E-state index in [1.54, 1.807) is 12.1 Å². The van der Waals surface area contributed by atoms with Gasteiger partial charge in [-0.2, -0.15) is 0 Å². The van der Waals surface area contributed by atoms with Crippen molar-refractivity contribution in [1.82, 2.24) is 0 Å². The van der Waals surface area contributed by atoms with E-state index in [0.29, 0.717) is 5.75 Å². The van der Waals surface area contributed by atoms with Gasteiger partial charge in [0.25, 0.3) is 0 Å². The van der Waals surface area contributed by atoms with Crippen molar-refractivity contribution in [1.29, 1.82) is 0 Å². The smallest absolute Gasteiger partial charge is 0.336 e. The third-order valence-corrected chi connectivity index (χ3v) is 1.67. The SMILES string of the molecule is C=CC=CC(=O)Oc1ccccc1C. The summed E-state index contributed by atoms with van der Waals surface area (Å²) in [6.45, 7) is 5.35. The molecule has 0 saturated carbocycles. The van der Waals surface area contributed by atoms with E-state index in [-0.39, 0.29) is 5.97 Å². The van der Waals surface area contributed by atoms with Crippen molar-refractivity contribution in [2.45, 2.75) is 6.92 Å². The lowest BCUT2D eigenvalue weighted by molar-refractivity contribution is -0.129. The van der Waals surface area contributed by atoms with Gasteiger partial charge < -0.3 is 4.74 Å². The number of rotatable bonds is 3. The third kappa shape index (κ3) is 2.90. The first kappa shape index (κ1) is 10.3. The number of aryl methyl sites for hydroxylation is 1. The lowest BCUT2D eigenvalue weighted by atomic mass is 10.2. The number of hydrogen-bond acceptors (Lipinski definition) is 2. The highest BCUT2D eigenvalue weighted by atomic mass is 16.5. The van der Waals surface area contributed by atoms with E-state index in [9.17, 15) is 4.79 Å². The molecular formula is C12H12O2. The summed E-state index contributed by atoms with van der Waals surface area (Å²) in [5.41, 5.74) is 0.938. The molecule has 0 aliphatic rings. The average molecular weight is 188 g/mol. The number of esters is 1. The van der Waals surface area contributed by atoms with E-state index in [2.05, 4.69) is 6.58 Å². The van der Waals surface area contributed by atoms with Crippen LogP contribution in [0.1, 0.15) is 5.56 Å². The zero-order chi connectivity index (χ0) is 10.4. The molecule has 0 N–H and O–H groups in total. The molecule has 72 valence electrons. The molecule has 0 aliphatic heterocycles. The van der Waals surface area contributed by atoms with Crippen molar-refractivity contribution in [3.8, 4) is 5.75 Å². The second-order valence-electron chi connectivity index (χ2n) is 2.78. The minimum Gasteiger partial charge on any atom is -0.423 e. The number of benzene rings is 1. The van der Waals surface area contributed by atoms with Gasteiger partial charge in [-0.15, -0.1) is 0 Å². The van der Waals surface area contributed by atoms with Crippen LogP contribution >= 0.6 is 0 Å². The molecule has 1 aromatic carbocycles. The Morgan fingerprint density at radius 3 is 2.79 bits per heavy atom. The zero-order valence-electron chi connectivity index (χ0n) is 8.07. The second-order valence-corrected chi connectivity index (χ2v) is 2.78. The highest BCUT2D eigenvalue weighted by molar-refractivity contribution is 5.84. The lowest BCUT2D eigenvalue weighted by Gasteiger charge is -2.03. The van der Waals surface area contributed by atoms with Crippen LogP contribution in [0.4, 0.5) is 0 Å². The minimum absolute atomic E-state index is 0.390. The van der Waals surface area contributed by atoms with Crippen molar-refractivity contribution in [3.63, 3.8) is 0 Å². The van der Waals surface area contributed by atoms with Gasteiger partial charge in [-0.3, -0.25) is 0 Å². The topological polar surface area (TPSA) is 26.3 Å². The van der Waals surface area contributed by atoms with Crippen LogP contribution in [-0.2, 0) is 4.79 Å². The molecule has 2 heteroatoms. The van der Waals surface area contributed by atoms with Crippen LogP contribution < -0.4 is 4.74 Å². The van der Waals surface area contributed by atoms with E-state index >= 15 is 0 Å². The van der Waals surface area contributed by atoms with Crippen molar-refractivity contribution >= 4 is 5.97 Å². The van der Waals surface area contributed by atoms with E-state index in [0.717, 1.165) is 5.56 Å². The Labute approximate surface area is 83.5 Å². The third-order valence-electron chi connectivity index (χ3n) is 1.67. The fourth-order valence-corrected chi connectivity index (χ4v) is 0.960. The number of carbonyl (C=O) groups excluding carboxylic acids is 1. The second kappa shape index (κ2) is 5.02. The molecule has 0 aromatic heterocycles. The van der Waals surface area contributed by atoms with Gasteiger partial charge in [0.05, 0.1) is 0 Å². The van der Waals surface area contributed by atoms with Gasteiger partial charge in [-0.1, -0.05) is 36.9 Å². The standard InChI is InChI=1S/C12H12O2/c1-3-4-9-12(13)14-11-8-6-5-7-10(11)2/h3-9H,1H2,2H3. The van der Waals surface area contributed by atoms with Crippen LogP contribution in [0.2, 0.25) is 0 Å². The zero-order valence-corrected chi connectivity index (χ0v) is 8.07. The van der Waals surface area contributed by atoms with Crippen LogP contribution in [0.15, 0.2) is 49.1 Å². The first-order chi connectivity index (χ1) is 6.74. The van der Waals surface area contributed by atoms with Crippen LogP contribution in [-0.4, -0.2) is 5.97 Å². The molecule has 1 aromatic rings. The van der Waals surface area contributed by atoms with Gasteiger partial charge in [0.2, 0.25) is 0 Å². The monoisotopic (exact) mass is 188 g/mol. The number of hydrogen-bond donors (Lipinski definition) is 0. The number of carbonyl (C=O) groups is 1. The average Bonchev–Trinajstić information content (AvgIpc) is 2.18. The Kier molecular flexibility index (Phi) is 3.68. The summed E-state index contributed by atoms with van der Waals surface area (Å²) < 4.78 is 5.07. The molecule has 0 atom stereocenters. The maximum Gasteiger partial charge on any atom is 0.336 e. The molecule has 0 bridgehead atoms. The maximum atomic E-state index is 11.2. The van der Waals surface area contributed by atoms with Crippen molar-refractivity contribution in [2.75, 3.05) is 0 Å². The first-order valence-corrected chi connectivity index (χ1v) is 4.30. The molecule has 0 unspecified atom stereocenters. The van der Waals surface area contributed by atoms with E-state index < -0.39 is 0 Å². The van der Waals surface area contributed by atoms with Gasteiger partial charge in [-0.25, -0.2) is 4.79 Å². The molecule has 0 heterocycles. The van der Waals surface area contributed by atoms with Crippen molar-refractivity contribution in [3.05, 3.63) is 54.6 Å². The summed E-state index contributed by atoms with van der Waals surface area (Å²) in [6.07, 6.45) is 4.40. The van der Waals surface area contributed by atoms with Crippen LogP contribution in [0.25, 0.3) is 0 Å². The molecule has 0 amide bonds. The van der Waals surface area contributed by atoms with Gasteiger partial charge in [-0.05, 0) is 18.6 Å². The Hall–Kier alpha value is -1.83. The highest BCUT2D eigenvalue weighted by Gasteiger charge is 2.01. The molecular weight excluding hydrogens is 176 g/mol. The van der Waals surface area contributed by atoms with Crippen molar-refractivity contribution in [2.24, 2.45) is 0 Å². The molecule has 14 heavy (non-hydrogen) atoms. The summed E-state index contributed by atoms with van der Waals surface area (Å²) in [4.78, 5) is 11.2. The van der Waals surface area contributed by atoms with Gasteiger partial charge >= 0.3 is 5.97 Å². The largest absolute Gasteiger partial charge is 0.423 e. The van der Waals surface area contributed by atoms with Gasteiger partial charge in [0.1, 0.15) is 5.75 Å². The van der Waals surface area contributed by atoms with Gasteiger partial charge in [0.15, 0.2) is 0 Å². The Morgan fingerprint density at radius 1 is 1.43 bits per heavy atom. The normalized spacial score (nSPS) is 10.1. The Morgan fingerprint density at radius 2 is 2.14 bits per heavy atom. The predicted molar refractivity (Wildman–Crippen MR) is 56.2 cm³/mol. The predicted octanol–water partition coefficient (Wildman–Crippen LogP) is 2.64. The van der Waals surface area contributed by atoms with Crippen LogP contribution in [0.5, 0.6) is 5.75 Å². The van der Waals surface area contributed by atoms with E-state index in [4.69, 9.17) is 4.74 Å².